The van der Waals surface area contributed by atoms with Gasteiger partial charge in [-0.2, -0.15) is 0 Å². The molecule has 3 aromatic rings. The van der Waals surface area contributed by atoms with Gasteiger partial charge in [0.1, 0.15) is 17.9 Å². The molecular weight excluding hydrogens is 677 g/mol. The standard InChI is InChI=1S/C32H40N5O6.HI/c1-7-35-24-18-23(28(38)33-14-16-34(17-15-33)31(41)43-32(4,5)6)26(42-9-3)19-25(24)36(8-2)27(35)20-37-29(39)21-12-10-11-13-22(21)30(37)40;/h10-13,18-19H,7-9,14-17,20H2,1-6H3;1H/q+1;/p-1. The number of rotatable bonds is 7. The van der Waals surface area contributed by atoms with Crippen molar-refractivity contribution in [3.63, 3.8) is 0 Å². The maximum Gasteiger partial charge on any atom is 0.410 e. The van der Waals surface area contributed by atoms with E-state index in [1.807, 2.05) is 53.7 Å². The molecule has 1 saturated heterocycles. The molecule has 1 fully saturated rings. The van der Waals surface area contributed by atoms with Crippen LogP contribution in [0.25, 0.3) is 11.0 Å². The Morgan fingerprint density at radius 1 is 0.909 bits per heavy atom. The second-order valence-electron chi connectivity index (χ2n) is 11.7. The Kier molecular flexibility index (Phi) is 9.91. The lowest BCUT2D eigenvalue weighted by Gasteiger charge is -2.35. The quantitative estimate of drug-likeness (QED) is 0.204. The number of amides is 4. The molecule has 12 heteroatoms. The summed E-state index contributed by atoms with van der Waals surface area (Å²) in [6, 6.07) is 10.6. The normalized spacial score (nSPS) is 15.0. The maximum atomic E-state index is 13.9. The summed E-state index contributed by atoms with van der Waals surface area (Å²) in [5, 5.41) is 0. The molecule has 3 heterocycles. The lowest BCUT2D eigenvalue weighted by molar-refractivity contribution is -0.677. The lowest BCUT2D eigenvalue weighted by Crippen LogP contribution is -3.00. The van der Waals surface area contributed by atoms with Gasteiger partial charge < -0.3 is 43.3 Å². The Morgan fingerprint density at radius 2 is 1.50 bits per heavy atom. The van der Waals surface area contributed by atoms with E-state index in [1.165, 1.54) is 4.90 Å². The van der Waals surface area contributed by atoms with Crippen molar-refractivity contribution in [1.29, 1.82) is 0 Å². The number of halogens is 1. The third-order valence-corrected chi connectivity index (χ3v) is 7.84. The molecule has 0 radical (unpaired) electrons. The first kappa shape index (κ1) is 33.2. The van der Waals surface area contributed by atoms with Gasteiger partial charge in [0.15, 0.2) is 11.0 Å². The Bertz CT molecular complexity index is 1570. The zero-order valence-electron chi connectivity index (χ0n) is 26.2. The van der Waals surface area contributed by atoms with Crippen LogP contribution in [0.1, 0.15) is 78.4 Å². The number of carbonyl (C=O) groups is 4. The first-order chi connectivity index (χ1) is 20.5. The number of carbonyl (C=O) groups excluding carboxylic acids is 4. The predicted molar refractivity (Wildman–Crippen MR) is 159 cm³/mol. The molecule has 236 valence electrons. The van der Waals surface area contributed by atoms with Gasteiger partial charge >= 0.3 is 6.09 Å². The highest BCUT2D eigenvalue weighted by Crippen LogP contribution is 2.30. The van der Waals surface area contributed by atoms with E-state index < -0.39 is 5.60 Å². The van der Waals surface area contributed by atoms with Crippen molar-refractivity contribution in [1.82, 2.24) is 19.3 Å². The molecule has 0 aliphatic carbocycles. The Labute approximate surface area is 274 Å². The number of piperazine rings is 1. The average molecular weight is 718 g/mol. The van der Waals surface area contributed by atoms with E-state index in [-0.39, 0.29) is 54.3 Å². The molecule has 5 rings (SSSR count). The topological polar surface area (TPSA) is 105 Å². The van der Waals surface area contributed by atoms with E-state index in [0.717, 1.165) is 16.9 Å². The van der Waals surface area contributed by atoms with Gasteiger partial charge in [0.25, 0.3) is 23.5 Å². The van der Waals surface area contributed by atoms with Crippen molar-refractivity contribution in [3.05, 3.63) is 58.9 Å². The molecule has 1 aromatic heterocycles. The Morgan fingerprint density at radius 3 is 2.02 bits per heavy atom. The number of aromatic nitrogens is 2. The van der Waals surface area contributed by atoms with E-state index in [9.17, 15) is 19.2 Å². The van der Waals surface area contributed by atoms with Crippen molar-refractivity contribution in [2.45, 2.75) is 66.8 Å². The zero-order valence-corrected chi connectivity index (χ0v) is 28.3. The largest absolute Gasteiger partial charge is 1.00 e. The minimum atomic E-state index is -0.590. The second-order valence-corrected chi connectivity index (χ2v) is 11.7. The molecule has 0 unspecified atom stereocenters. The van der Waals surface area contributed by atoms with Crippen LogP contribution >= 0.6 is 0 Å². The SMILES string of the molecule is CCOc1cc2c(cc1C(=O)N1CCN(C(=O)OC(C)(C)C)CC1)n(CC)c(CN1C(=O)c3ccccc3C1=O)[n+]2CC.[I-]. The minimum absolute atomic E-state index is 0. The van der Waals surface area contributed by atoms with Gasteiger partial charge in [0, 0.05) is 38.3 Å². The summed E-state index contributed by atoms with van der Waals surface area (Å²) in [4.78, 5) is 57.5. The van der Waals surface area contributed by atoms with Crippen LogP contribution < -0.4 is 33.3 Å². The average Bonchev–Trinajstić information content (AvgIpc) is 3.41. The van der Waals surface area contributed by atoms with Crippen LogP contribution in [0.3, 0.4) is 0 Å². The number of benzene rings is 2. The summed E-state index contributed by atoms with van der Waals surface area (Å²) < 4.78 is 15.6. The van der Waals surface area contributed by atoms with Crippen LogP contribution in [0.4, 0.5) is 4.79 Å². The highest BCUT2D eigenvalue weighted by atomic mass is 127. The molecule has 0 saturated carbocycles. The molecule has 2 aliphatic rings. The number of hydrogen-bond donors (Lipinski definition) is 0. The van der Waals surface area contributed by atoms with Crippen molar-refractivity contribution >= 4 is 34.8 Å². The molecule has 0 bridgehead atoms. The van der Waals surface area contributed by atoms with E-state index in [1.54, 1.807) is 34.1 Å². The van der Waals surface area contributed by atoms with Gasteiger partial charge in [-0.1, -0.05) is 12.1 Å². The smallest absolute Gasteiger partial charge is 0.410 e. The number of hydrogen-bond acceptors (Lipinski definition) is 6. The van der Waals surface area contributed by atoms with Crippen LogP contribution in [0.2, 0.25) is 0 Å². The predicted octanol–water partition coefficient (Wildman–Crippen LogP) is 0.860. The van der Waals surface area contributed by atoms with Crippen molar-refractivity contribution in [2.24, 2.45) is 0 Å². The first-order valence-electron chi connectivity index (χ1n) is 14.9. The highest BCUT2D eigenvalue weighted by Gasteiger charge is 2.39. The number of imidazole rings is 1. The van der Waals surface area contributed by atoms with Gasteiger partial charge in [0.05, 0.1) is 36.4 Å². The van der Waals surface area contributed by atoms with E-state index in [4.69, 9.17) is 9.47 Å². The maximum absolute atomic E-state index is 13.9. The number of fused-ring (bicyclic) bond motifs is 2. The summed E-state index contributed by atoms with van der Waals surface area (Å²) in [6.45, 7) is 14.5. The Balaban J connectivity index is 0.00000442. The number of nitrogens with zero attached hydrogens (tertiary/aromatic N) is 5. The van der Waals surface area contributed by atoms with Gasteiger partial charge in [-0.05, 0) is 53.7 Å². The zero-order chi connectivity index (χ0) is 31.1. The summed E-state index contributed by atoms with van der Waals surface area (Å²) in [5.74, 6) is 0.452. The van der Waals surface area contributed by atoms with E-state index in [2.05, 4.69) is 9.13 Å². The van der Waals surface area contributed by atoms with Crippen LogP contribution in [-0.4, -0.2) is 81.5 Å². The summed E-state index contributed by atoms with van der Waals surface area (Å²) >= 11 is 0. The fourth-order valence-corrected chi connectivity index (χ4v) is 5.85. The minimum Gasteiger partial charge on any atom is -1.00 e. The monoisotopic (exact) mass is 717 g/mol. The van der Waals surface area contributed by atoms with E-state index >= 15 is 0 Å². The van der Waals surface area contributed by atoms with Gasteiger partial charge in [-0.3, -0.25) is 19.3 Å². The molecular formula is C32H40IN5O6. The van der Waals surface area contributed by atoms with Crippen molar-refractivity contribution in [2.75, 3.05) is 32.8 Å². The Hall–Kier alpha value is -3.68. The van der Waals surface area contributed by atoms with Gasteiger partial charge in [0.2, 0.25) is 0 Å². The fourth-order valence-electron chi connectivity index (χ4n) is 5.85. The summed E-state index contributed by atoms with van der Waals surface area (Å²) in [6.07, 6.45) is -0.383. The number of aryl methyl sites for hydroxylation is 2. The van der Waals surface area contributed by atoms with Crippen LogP contribution in [0, 0.1) is 0 Å². The van der Waals surface area contributed by atoms with Gasteiger partial charge in [-0.25, -0.2) is 13.9 Å². The third-order valence-electron chi connectivity index (χ3n) is 7.84. The second kappa shape index (κ2) is 13.1. The summed E-state index contributed by atoms with van der Waals surface area (Å²) in [7, 11) is 0. The van der Waals surface area contributed by atoms with Crippen molar-refractivity contribution < 1.29 is 57.2 Å². The lowest BCUT2D eigenvalue weighted by atomic mass is 10.1. The first-order valence-corrected chi connectivity index (χ1v) is 14.9. The molecule has 4 amide bonds. The third kappa shape index (κ3) is 6.13. The molecule has 0 spiro atoms. The highest BCUT2D eigenvalue weighted by molar-refractivity contribution is 6.21. The number of imide groups is 1. The van der Waals surface area contributed by atoms with Crippen LogP contribution in [0.15, 0.2) is 36.4 Å². The summed E-state index contributed by atoms with van der Waals surface area (Å²) in [5.41, 5.74) is 2.33. The number of ether oxygens (including phenoxy) is 2. The van der Waals surface area contributed by atoms with Crippen molar-refractivity contribution in [3.8, 4) is 5.75 Å². The molecule has 44 heavy (non-hydrogen) atoms. The van der Waals surface area contributed by atoms with Crippen LogP contribution in [-0.2, 0) is 24.4 Å². The molecule has 2 aromatic carbocycles. The van der Waals surface area contributed by atoms with E-state index in [0.29, 0.717) is 68.3 Å². The molecule has 2 aliphatic heterocycles. The molecule has 0 N–H and O–H groups in total. The van der Waals surface area contributed by atoms with Crippen LogP contribution in [0.5, 0.6) is 5.75 Å². The fraction of sp³-hybridized carbons (Fsp3) is 0.469. The molecule has 11 nitrogen and oxygen atoms in total. The molecule has 0 atom stereocenters. The van der Waals surface area contributed by atoms with Gasteiger partial charge in [-0.15, -0.1) is 0 Å².